The summed E-state index contributed by atoms with van der Waals surface area (Å²) in [5.74, 6) is 0. The van der Waals surface area contributed by atoms with Crippen LogP contribution in [-0.4, -0.2) is 14.1 Å². The second kappa shape index (κ2) is 12.0. The molecule has 0 saturated heterocycles. The van der Waals surface area contributed by atoms with Gasteiger partial charge in [-0.15, -0.1) is 18.9 Å². The van der Waals surface area contributed by atoms with E-state index in [1.807, 2.05) is 32.3 Å². The number of allylic oxidation sites excluding steroid dienone is 8. The molecule has 119 valence electrons. The summed E-state index contributed by atoms with van der Waals surface area (Å²) in [7, 11) is 4.04. The van der Waals surface area contributed by atoms with E-state index in [1.165, 1.54) is 16.8 Å². The largest absolute Gasteiger partial charge is 3.00 e. The van der Waals surface area contributed by atoms with E-state index in [-0.39, 0.29) is 21.7 Å². The van der Waals surface area contributed by atoms with Crippen molar-refractivity contribution in [3.63, 3.8) is 0 Å². The quantitative estimate of drug-likeness (QED) is 0.494. The zero-order valence-corrected chi connectivity index (χ0v) is 16.2. The van der Waals surface area contributed by atoms with E-state index < -0.39 is 0 Å². The number of para-hydroxylation sites is 1. The Labute approximate surface area is 157 Å². The van der Waals surface area contributed by atoms with E-state index in [4.69, 9.17) is 0 Å². The zero-order valence-electron chi connectivity index (χ0n) is 14.7. The van der Waals surface area contributed by atoms with Crippen LogP contribution < -0.4 is 4.90 Å². The zero-order chi connectivity index (χ0) is 16.4. The number of hydrogen-bond donors (Lipinski definition) is 0. The number of benzene rings is 1. The number of nitrogens with zero attached hydrogens (tertiary/aromatic N) is 1. The summed E-state index contributed by atoms with van der Waals surface area (Å²) in [6.07, 6.45) is 16.7. The molecule has 2 aliphatic rings. The van der Waals surface area contributed by atoms with Gasteiger partial charge < -0.3 is 4.90 Å². The van der Waals surface area contributed by atoms with E-state index in [0.717, 1.165) is 18.4 Å². The van der Waals surface area contributed by atoms with E-state index in [9.17, 15) is 0 Å². The fourth-order valence-electron chi connectivity index (χ4n) is 1.98. The average molecular weight is 340 g/mol. The SMILES string of the molecule is CC1=[C-]CC=C1.CC1=[C-]CC=C1.[CH2-]c1ccccc1N(C)C.[Ti+3]. The van der Waals surface area contributed by atoms with Gasteiger partial charge in [0.2, 0.25) is 0 Å². The molecule has 0 atom stereocenters. The van der Waals surface area contributed by atoms with Crippen LogP contribution in [0.4, 0.5) is 5.69 Å². The maximum atomic E-state index is 3.90. The molecule has 2 heteroatoms. The minimum atomic E-state index is 0. The second-order valence-corrected chi connectivity index (χ2v) is 5.46. The third-order valence-electron chi connectivity index (χ3n) is 3.21. The predicted molar refractivity (Wildman–Crippen MR) is 97.6 cm³/mol. The van der Waals surface area contributed by atoms with Crippen molar-refractivity contribution >= 4 is 5.69 Å². The van der Waals surface area contributed by atoms with Gasteiger partial charge in [0.25, 0.3) is 0 Å². The topological polar surface area (TPSA) is 3.24 Å². The molecule has 0 spiro atoms. The molecule has 1 aromatic rings. The van der Waals surface area contributed by atoms with Gasteiger partial charge in [0.15, 0.2) is 0 Å². The average Bonchev–Trinajstić information content (AvgIpc) is 3.14. The molecule has 0 unspecified atom stereocenters. The molecule has 0 bridgehead atoms. The Balaban J connectivity index is 0.000000325. The predicted octanol–water partition coefficient (Wildman–Crippen LogP) is 5.32. The van der Waals surface area contributed by atoms with Crippen LogP contribution in [0.1, 0.15) is 32.3 Å². The molecular formula is C21H26NTi. The summed E-state index contributed by atoms with van der Waals surface area (Å²) < 4.78 is 0. The summed E-state index contributed by atoms with van der Waals surface area (Å²) in [5, 5.41) is 0. The first-order valence-electron chi connectivity index (χ1n) is 7.57. The molecular weight excluding hydrogens is 314 g/mol. The fourth-order valence-corrected chi connectivity index (χ4v) is 1.98. The van der Waals surface area contributed by atoms with Crippen LogP contribution in [-0.2, 0) is 21.7 Å². The van der Waals surface area contributed by atoms with Crippen molar-refractivity contribution in [3.05, 3.63) is 84.4 Å². The Morgan fingerprint density at radius 2 is 1.39 bits per heavy atom. The van der Waals surface area contributed by atoms with Crippen LogP contribution in [0.2, 0.25) is 0 Å². The molecule has 23 heavy (non-hydrogen) atoms. The van der Waals surface area contributed by atoms with Gasteiger partial charge in [-0.2, -0.15) is 30.7 Å². The minimum Gasteiger partial charge on any atom is -0.428 e. The van der Waals surface area contributed by atoms with E-state index >= 15 is 0 Å². The van der Waals surface area contributed by atoms with Gasteiger partial charge in [0.1, 0.15) is 0 Å². The Morgan fingerprint density at radius 1 is 0.913 bits per heavy atom. The fraction of sp³-hybridized carbons (Fsp3) is 0.286. The van der Waals surface area contributed by atoms with Gasteiger partial charge in [-0.05, 0) is 14.1 Å². The van der Waals surface area contributed by atoms with Crippen molar-refractivity contribution in [2.75, 3.05) is 19.0 Å². The molecule has 1 nitrogen and oxygen atoms in total. The smallest absolute Gasteiger partial charge is 0.428 e. The molecule has 0 aromatic heterocycles. The second-order valence-electron chi connectivity index (χ2n) is 5.46. The standard InChI is InChI=1S/C9H12N.2C6H7.Ti/c1-8-6-4-5-7-9(8)10(2)3;2*1-6-4-2-3-5-6;/h4-7H,1H2,2-3H3;2*2,4H,3H2,1H3;/q3*-1;+3. The van der Waals surface area contributed by atoms with Crippen LogP contribution in [0.5, 0.6) is 0 Å². The van der Waals surface area contributed by atoms with Crippen LogP contribution in [0.15, 0.2) is 59.7 Å². The maximum absolute atomic E-state index is 3.90. The molecule has 3 rings (SSSR count). The van der Waals surface area contributed by atoms with Crippen molar-refractivity contribution in [2.24, 2.45) is 0 Å². The van der Waals surface area contributed by atoms with Crippen molar-refractivity contribution in [2.45, 2.75) is 26.7 Å². The monoisotopic (exact) mass is 340 g/mol. The van der Waals surface area contributed by atoms with Crippen LogP contribution in [0.3, 0.4) is 0 Å². The summed E-state index contributed by atoms with van der Waals surface area (Å²) in [4.78, 5) is 2.06. The van der Waals surface area contributed by atoms with Gasteiger partial charge in [0.05, 0.1) is 0 Å². The van der Waals surface area contributed by atoms with E-state index in [1.54, 1.807) is 0 Å². The van der Waals surface area contributed by atoms with Crippen LogP contribution >= 0.6 is 0 Å². The summed E-state index contributed by atoms with van der Waals surface area (Å²) in [6, 6.07) is 8.08. The molecule has 0 aliphatic heterocycles. The molecule has 0 N–H and O–H groups in total. The van der Waals surface area contributed by atoms with E-state index in [0.29, 0.717) is 0 Å². The summed E-state index contributed by atoms with van der Waals surface area (Å²) >= 11 is 0. The van der Waals surface area contributed by atoms with Gasteiger partial charge >= 0.3 is 21.7 Å². The first-order chi connectivity index (χ1) is 10.5. The van der Waals surface area contributed by atoms with Crippen molar-refractivity contribution < 1.29 is 21.7 Å². The van der Waals surface area contributed by atoms with Gasteiger partial charge in [0, 0.05) is 0 Å². The Hall–Kier alpha value is -1.44. The molecule has 1 radical (unpaired) electrons. The summed E-state index contributed by atoms with van der Waals surface area (Å²) in [5.41, 5.74) is 4.81. The third-order valence-corrected chi connectivity index (χ3v) is 3.21. The normalized spacial score (nSPS) is 13.7. The van der Waals surface area contributed by atoms with Gasteiger partial charge in [-0.3, -0.25) is 12.2 Å². The van der Waals surface area contributed by atoms with Gasteiger partial charge in [-0.25, -0.2) is 23.3 Å². The van der Waals surface area contributed by atoms with Crippen LogP contribution in [0, 0.1) is 19.1 Å². The molecule has 0 heterocycles. The minimum absolute atomic E-state index is 0. The number of rotatable bonds is 1. The molecule has 1 aromatic carbocycles. The molecule has 0 saturated carbocycles. The third kappa shape index (κ3) is 9.33. The molecule has 2 aliphatic carbocycles. The number of hydrogen-bond acceptors (Lipinski definition) is 1. The van der Waals surface area contributed by atoms with Gasteiger partial charge in [-0.1, -0.05) is 31.7 Å². The Kier molecular flexibility index (Phi) is 11.3. The molecule has 0 amide bonds. The Morgan fingerprint density at radius 3 is 1.61 bits per heavy atom. The van der Waals surface area contributed by atoms with E-state index in [2.05, 4.69) is 68.2 Å². The van der Waals surface area contributed by atoms with Crippen molar-refractivity contribution in [3.8, 4) is 0 Å². The summed E-state index contributed by atoms with van der Waals surface area (Å²) in [6.45, 7) is 8.02. The number of anilines is 1. The van der Waals surface area contributed by atoms with Crippen molar-refractivity contribution in [1.29, 1.82) is 0 Å². The van der Waals surface area contributed by atoms with Crippen molar-refractivity contribution in [1.82, 2.24) is 0 Å². The molecule has 0 fully saturated rings. The maximum Gasteiger partial charge on any atom is 3.00 e. The Bertz CT molecular complexity index is 544. The van der Waals surface area contributed by atoms with Crippen LogP contribution in [0.25, 0.3) is 0 Å². The first-order valence-corrected chi connectivity index (χ1v) is 7.57. The first kappa shape index (κ1) is 21.6.